The first-order valence-electron chi connectivity index (χ1n) is 6.43. The van der Waals surface area contributed by atoms with Crippen LogP contribution >= 0.6 is 0 Å². The molecular weight excluding hydrogens is 220 g/mol. The van der Waals surface area contributed by atoms with Crippen LogP contribution in [0, 0.1) is 11.5 Å². The van der Waals surface area contributed by atoms with Gasteiger partial charge in [-0.05, 0) is 23.0 Å². The van der Waals surface area contributed by atoms with Crippen LogP contribution in [0.3, 0.4) is 0 Å². The van der Waals surface area contributed by atoms with E-state index in [1.54, 1.807) is 11.0 Å². The van der Waals surface area contributed by atoms with Crippen molar-refractivity contribution in [3.8, 4) is 6.19 Å². The first-order chi connectivity index (χ1) is 8.52. The molecule has 0 unspecified atom stereocenters. The van der Waals surface area contributed by atoms with Gasteiger partial charge in [0.05, 0.1) is 12.2 Å². The van der Waals surface area contributed by atoms with Crippen molar-refractivity contribution < 1.29 is 0 Å². The number of nitrogens with zero attached hydrogens (tertiary/aromatic N) is 2. The van der Waals surface area contributed by atoms with Crippen LogP contribution in [0.25, 0.3) is 0 Å². The third-order valence-electron chi connectivity index (χ3n) is 3.04. The molecule has 1 aromatic rings. The number of nitriles is 1. The summed E-state index contributed by atoms with van der Waals surface area (Å²) in [5, 5.41) is 9.35. The van der Waals surface area contributed by atoms with Gasteiger partial charge in [0.2, 0.25) is 0 Å². The standard InChI is InChI=1S/C16H22N2/c1-6-10-18(11-17)16-14(12(2)3)8-7-9-15(16)13(4)5/h6-9,12-13H,1,10H2,2-5H3. The summed E-state index contributed by atoms with van der Waals surface area (Å²) in [6, 6.07) is 6.30. The molecular formula is C16H22N2. The SMILES string of the molecule is C=CCN(C#N)c1c(C(C)C)cccc1C(C)C. The van der Waals surface area contributed by atoms with Crippen LogP contribution < -0.4 is 4.90 Å². The van der Waals surface area contributed by atoms with Gasteiger partial charge in [-0.1, -0.05) is 52.0 Å². The van der Waals surface area contributed by atoms with Crippen molar-refractivity contribution in [1.82, 2.24) is 0 Å². The number of rotatable bonds is 5. The average Bonchev–Trinajstić information content (AvgIpc) is 2.34. The lowest BCUT2D eigenvalue weighted by Crippen LogP contribution is -2.20. The van der Waals surface area contributed by atoms with Crippen LogP contribution in [-0.4, -0.2) is 6.54 Å². The fourth-order valence-electron chi connectivity index (χ4n) is 2.13. The van der Waals surface area contributed by atoms with Crippen LogP contribution in [0.15, 0.2) is 30.9 Å². The molecule has 0 fully saturated rings. The zero-order valence-electron chi connectivity index (χ0n) is 11.8. The fraction of sp³-hybridized carbons (Fsp3) is 0.438. The Morgan fingerprint density at radius 2 is 1.72 bits per heavy atom. The number of hydrogen-bond acceptors (Lipinski definition) is 2. The van der Waals surface area contributed by atoms with E-state index in [1.165, 1.54) is 11.1 Å². The number of anilines is 1. The Kier molecular flexibility index (Phi) is 4.97. The van der Waals surface area contributed by atoms with E-state index in [0.717, 1.165) is 5.69 Å². The van der Waals surface area contributed by atoms with E-state index >= 15 is 0 Å². The summed E-state index contributed by atoms with van der Waals surface area (Å²) in [6.45, 7) is 12.9. The molecule has 0 saturated carbocycles. The van der Waals surface area contributed by atoms with E-state index in [-0.39, 0.29) is 0 Å². The smallest absolute Gasteiger partial charge is 0.184 e. The highest BCUT2D eigenvalue weighted by atomic mass is 15.1. The van der Waals surface area contributed by atoms with Gasteiger partial charge in [-0.3, -0.25) is 4.90 Å². The first-order valence-corrected chi connectivity index (χ1v) is 6.43. The summed E-state index contributed by atoms with van der Waals surface area (Å²) in [5.74, 6) is 0.804. The lowest BCUT2D eigenvalue weighted by atomic mass is 9.92. The van der Waals surface area contributed by atoms with Gasteiger partial charge in [-0.15, -0.1) is 6.58 Å². The minimum absolute atomic E-state index is 0.402. The van der Waals surface area contributed by atoms with Gasteiger partial charge in [0.15, 0.2) is 6.19 Å². The first kappa shape index (κ1) is 14.3. The predicted molar refractivity (Wildman–Crippen MR) is 77.8 cm³/mol. The van der Waals surface area contributed by atoms with Crippen molar-refractivity contribution in [2.45, 2.75) is 39.5 Å². The van der Waals surface area contributed by atoms with Gasteiger partial charge < -0.3 is 0 Å². The van der Waals surface area contributed by atoms with Gasteiger partial charge in [0, 0.05) is 0 Å². The van der Waals surface area contributed by atoms with Crippen molar-refractivity contribution >= 4 is 5.69 Å². The Labute approximate surface area is 111 Å². The second-order valence-electron chi connectivity index (χ2n) is 5.09. The molecule has 0 aliphatic rings. The van der Waals surface area contributed by atoms with Crippen molar-refractivity contribution in [2.75, 3.05) is 11.4 Å². The molecule has 0 heterocycles. The van der Waals surface area contributed by atoms with Gasteiger partial charge in [0.1, 0.15) is 0 Å². The molecule has 0 amide bonds. The Morgan fingerprint density at radius 3 is 2.06 bits per heavy atom. The third-order valence-corrected chi connectivity index (χ3v) is 3.04. The normalized spacial score (nSPS) is 10.5. The molecule has 2 nitrogen and oxygen atoms in total. The van der Waals surface area contributed by atoms with Crippen LogP contribution in [0.4, 0.5) is 5.69 Å². The Bertz CT molecular complexity index is 426. The Morgan fingerprint density at radius 1 is 1.22 bits per heavy atom. The maximum atomic E-state index is 9.35. The molecule has 1 aromatic carbocycles. The highest BCUT2D eigenvalue weighted by molar-refractivity contribution is 5.64. The van der Waals surface area contributed by atoms with Crippen molar-refractivity contribution in [1.29, 1.82) is 5.26 Å². The quantitative estimate of drug-likeness (QED) is 0.434. The van der Waals surface area contributed by atoms with Crippen molar-refractivity contribution in [3.63, 3.8) is 0 Å². The molecule has 0 radical (unpaired) electrons. The van der Waals surface area contributed by atoms with E-state index in [0.29, 0.717) is 18.4 Å². The number of benzene rings is 1. The summed E-state index contributed by atoms with van der Waals surface area (Å²) in [4.78, 5) is 1.73. The molecule has 0 spiro atoms. The zero-order valence-corrected chi connectivity index (χ0v) is 11.8. The maximum absolute atomic E-state index is 9.35. The summed E-state index contributed by atoms with van der Waals surface area (Å²) in [7, 11) is 0. The Hall–Kier alpha value is -1.75. The monoisotopic (exact) mass is 242 g/mol. The second kappa shape index (κ2) is 6.26. The molecule has 96 valence electrons. The fourth-order valence-corrected chi connectivity index (χ4v) is 2.13. The van der Waals surface area contributed by atoms with Crippen LogP contribution in [0.5, 0.6) is 0 Å². The molecule has 0 aromatic heterocycles. The largest absolute Gasteiger partial charge is 0.275 e. The summed E-state index contributed by atoms with van der Waals surface area (Å²) in [6.07, 6.45) is 4.04. The van der Waals surface area contributed by atoms with Crippen LogP contribution in [0.1, 0.15) is 50.7 Å². The molecule has 0 N–H and O–H groups in total. The van der Waals surface area contributed by atoms with Crippen LogP contribution in [0.2, 0.25) is 0 Å². The topological polar surface area (TPSA) is 27.0 Å². The molecule has 0 saturated heterocycles. The summed E-state index contributed by atoms with van der Waals surface area (Å²) >= 11 is 0. The summed E-state index contributed by atoms with van der Waals surface area (Å²) in [5.41, 5.74) is 3.51. The molecule has 18 heavy (non-hydrogen) atoms. The van der Waals surface area contributed by atoms with E-state index < -0.39 is 0 Å². The van der Waals surface area contributed by atoms with E-state index in [2.05, 4.69) is 58.7 Å². The number of para-hydroxylation sites is 1. The van der Waals surface area contributed by atoms with Gasteiger partial charge in [-0.25, -0.2) is 0 Å². The maximum Gasteiger partial charge on any atom is 0.184 e. The van der Waals surface area contributed by atoms with Gasteiger partial charge in [-0.2, -0.15) is 5.26 Å². The predicted octanol–water partition coefficient (Wildman–Crippen LogP) is 4.41. The lowest BCUT2D eigenvalue weighted by molar-refractivity contribution is 0.823. The average molecular weight is 242 g/mol. The van der Waals surface area contributed by atoms with Crippen LogP contribution in [-0.2, 0) is 0 Å². The van der Waals surface area contributed by atoms with E-state index in [4.69, 9.17) is 0 Å². The minimum atomic E-state index is 0.402. The Balaban J connectivity index is 3.44. The summed E-state index contributed by atoms with van der Waals surface area (Å²) < 4.78 is 0. The third kappa shape index (κ3) is 2.92. The van der Waals surface area contributed by atoms with Crippen molar-refractivity contribution in [2.24, 2.45) is 0 Å². The molecule has 0 atom stereocenters. The van der Waals surface area contributed by atoms with Crippen molar-refractivity contribution in [3.05, 3.63) is 42.0 Å². The highest BCUT2D eigenvalue weighted by Crippen LogP contribution is 2.34. The highest BCUT2D eigenvalue weighted by Gasteiger charge is 2.18. The zero-order chi connectivity index (χ0) is 13.7. The molecule has 0 aliphatic heterocycles. The molecule has 1 rings (SSSR count). The second-order valence-corrected chi connectivity index (χ2v) is 5.09. The number of hydrogen-bond donors (Lipinski definition) is 0. The molecule has 0 bridgehead atoms. The van der Waals surface area contributed by atoms with E-state index in [1.807, 2.05) is 0 Å². The molecule has 0 aliphatic carbocycles. The molecule has 2 heteroatoms. The minimum Gasteiger partial charge on any atom is -0.275 e. The lowest BCUT2D eigenvalue weighted by Gasteiger charge is -2.25. The van der Waals surface area contributed by atoms with E-state index in [9.17, 15) is 5.26 Å². The van der Waals surface area contributed by atoms with Gasteiger partial charge >= 0.3 is 0 Å². The van der Waals surface area contributed by atoms with Gasteiger partial charge in [0.25, 0.3) is 0 Å².